The highest BCUT2D eigenvalue weighted by molar-refractivity contribution is 6.20. The third-order valence-corrected chi connectivity index (χ3v) is 10.8. The van der Waals surface area contributed by atoms with E-state index in [0.717, 1.165) is 44.8 Å². The lowest BCUT2D eigenvalue weighted by Crippen LogP contribution is -1.95. The molecule has 0 bridgehead atoms. The maximum atomic E-state index is 6.24. The van der Waals surface area contributed by atoms with E-state index in [4.69, 9.17) is 14.4 Å². The van der Waals surface area contributed by atoms with Crippen molar-refractivity contribution in [2.75, 3.05) is 0 Å². The zero-order valence-electron chi connectivity index (χ0n) is 29.8. The molecule has 0 saturated heterocycles. The van der Waals surface area contributed by atoms with Crippen molar-refractivity contribution in [2.24, 2.45) is 0 Å². The summed E-state index contributed by atoms with van der Waals surface area (Å²) in [6, 6.07) is 68.9. The molecule has 0 amide bonds. The van der Waals surface area contributed by atoms with E-state index in [0.29, 0.717) is 5.82 Å². The van der Waals surface area contributed by atoms with E-state index in [9.17, 15) is 0 Å². The van der Waals surface area contributed by atoms with Gasteiger partial charge < -0.3 is 4.42 Å². The molecule has 0 aliphatic carbocycles. The third kappa shape index (κ3) is 5.45. The van der Waals surface area contributed by atoms with Crippen molar-refractivity contribution < 1.29 is 4.42 Å². The van der Waals surface area contributed by atoms with Crippen molar-refractivity contribution in [1.29, 1.82) is 0 Å². The van der Waals surface area contributed by atoms with Crippen molar-refractivity contribution in [3.05, 3.63) is 194 Å². The summed E-state index contributed by atoms with van der Waals surface area (Å²) in [5, 5.41) is 11.1. The topological polar surface area (TPSA) is 38.9 Å². The Morgan fingerprint density at radius 1 is 0.309 bits per heavy atom. The van der Waals surface area contributed by atoms with Crippen LogP contribution in [-0.4, -0.2) is 9.97 Å². The Hall–Kier alpha value is -7.36. The van der Waals surface area contributed by atoms with Crippen LogP contribution in [0, 0.1) is 0 Å². The Morgan fingerprint density at radius 2 is 0.927 bits per heavy atom. The van der Waals surface area contributed by atoms with Gasteiger partial charge in [-0.05, 0) is 102 Å². The second-order valence-corrected chi connectivity index (χ2v) is 14.2. The van der Waals surface area contributed by atoms with Crippen LogP contribution in [0.4, 0.5) is 0 Å². The number of nitrogens with zero attached hydrogens (tertiary/aromatic N) is 2. The van der Waals surface area contributed by atoms with Crippen LogP contribution in [0.5, 0.6) is 0 Å². The van der Waals surface area contributed by atoms with E-state index < -0.39 is 0 Å². The molecule has 11 rings (SSSR count). The maximum absolute atomic E-state index is 6.24. The molecule has 0 N–H and O–H groups in total. The Morgan fingerprint density at radius 3 is 1.75 bits per heavy atom. The molecule has 2 heterocycles. The van der Waals surface area contributed by atoms with Gasteiger partial charge in [0.2, 0.25) is 0 Å². The normalized spacial score (nSPS) is 11.6. The zero-order valence-corrected chi connectivity index (χ0v) is 29.8. The highest BCUT2D eigenvalue weighted by atomic mass is 16.3. The van der Waals surface area contributed by atoms with Crippen LogP contribution in [-0.2, 0) is 0 Å². The van der Waals surface area contributed by atoms with Gasteiger partial charge in [0.25, 0.3) is 0 Å². The highest BCUT2D eigenvalue weighted by Crippen LogP contribution is 2.41. The number of rotatable bonds is 5. The van der Waals surface area contributed by atoms with Crippen LogP contribution in [0.2, 0.25) is 0 Å². The second kappa shape index (κ2) is 12.6. The molecule has 0 aliphatic heterocycles. The largest absolute Gasteiger partial charge is 0.454 e. The fourth-order valence-corrected chi connectivity index (χ4v) is 8.09. The number of benzene rings is 9. The first kappa shape index (κ1) is 31.2. The van der Waals surface area contributed by atoms with Crippen LogP contribution in [0.1, 0.15) is 0 Å². The van der Waals surface area contributed by atoms with Crippen LogP contribution in [0.25, 0.3) is 110 Å². The first-order valence-corrected chi connectivity index (χ1v) is 18.6. The van der Waals surface area contributed by atoms with Gasteiger partial charge in [0.1, 0.15) is 11.3 Å². The number of furan rings is 1. The SMILES string of the molecule is c1ccc(-c2nc(-c3ccc(-c4ccc5cc(-c6c7ccccc7cc7c6ccc6ccccc67)ccc5c4)cc3)cc(-c3cc4ccccc4o3)n2)cc1. The van der Waals surface area contributed by atoms with E-state index >= 15 is 0 Å². The monoisotopic (exact) mass is 700 g/mol. The molecule has 11 aromatic rings. The highest BCUT2D eigenvalue weighted by Gasteiger charge is 2.16. The summed E-state index contributed by atoms with van der Waals surface area (Å²) in [5.41, 5.74) is 9.24. The average Bonchev–Trinajstić information content (AvgIpc) is 3.70. The zero-order chi connectivity index (χ0) is 36.3. The molecule has 0 fully saturated rings. The minimum absolute atomic E-state index is 0.663. The molecule has 0 atom stereocenters. The van der Waals surface area contributed by atoms with Gasteiger partial charge in [0, 0.05) is 16.5 Å². The lowest BCUT2D eigenvalue weighted by molar-refractivity contribution is 0.628. The van der Waals surface area contributed by atoms with Gasteiger partial charge in [-0.2, -0.15) is 0 Å². The van der Waals surface area contributed by atoms with Crippen molar-refractivity contribution >= 4 is 54.1 Å². The molecule has 3 heteroatoms. The van der Waals surface area contributed by atoms with Gasteiger partial charge in [0.05, 0.1) is 5.69 Å². The summed E-state index contributed by atoms with van der Waals surface area (Å²) < 4.78 is 6.24. The molecule has 0 unspecified atom stereocenters. The lowest BCUT2D eigenvalue weighted by Gasteiger charge is -2.15. The smallest absolute Gasteiger partial charge is 0.160 e. The van der Waals surface area contributed by atoms with Crippen molar-refractivity contribution in [2.45, 2.75) is 0 Å². The second-order valence-electron chi connectivity index (χ2n) is 14.2. The van der Waals surface area contributed by atoms with Gasteiger partial charge in [-0.3, -0.25) is 0 Å². The summed E-state index contributed by atoms with van der Waals surface area (Å²) in [6.45, 7) is 0. The van der Waals surface area contributed by atoms with Gasteiger partial charge in [-0.25, -0.2) is 9.97 Å². The number of para-hydroxylation sites is 1. The van der Waals surface area contributed by atoms with E-state index in [1.54, 1.807) is 0 Å². The van der Waals surface area contributed by atoms with Gasteiger partial charge in [-0.1, -0.05) is 158 Å². The quantitative estimate of drug-likeness (QED) is 0.133. The molecule has 3 nitrogen and oxygen atoms in total. The Bertz CT molecular complexity index is 3220. The Kier molecular flexibility index (Phi) is 7.17. The average molecular weight is 701 g/mol. The minimum Gasteiger partial charge on any atom is -0.454 e. The van der Waals surface area contributed by atoms with Crippen molar-refractivity contribution in [3.63, 3.8) is 0 Å². The summed E-state index contributed by atoms with van der Waals surface area (Å²) in [7, 11) is 0. The standard InChI is InChI=1S/C52H32N2O/c1-2-11-36(12-3-1)52-53-47(32-48(54-52)50-31-41-14-6-9-17-49(41)55-50)35-20-18-33(19-21-35)37-22-23-39-29-42(25-24-38(39)28-37)51-44-16-8-5-13-40(44)30-46-43-15-7-4-10-34(43)26-27-45(46)51/h1-32H. The Labute approximate surface area is 317 Å². The number of aromatic nitrogens is 2. The van der Waals surface area contributed by atoms with E-state index in [2.05, 4.69) is 133 Å². The van der Waals surface area contributed by atoms with E-state index in [-0.39, 0.29) is 0 Å². The summed E-state index contributed by atoms with van der Waals surface area (Å²) >= 11 is 0. The van der Waals surface area contributed by atoms with Gasteiger partial charge in [-0.15, -0.1) is 0 Å². The molecular weight excluding hydrogens is 669 g/mol. The molecule has 9 aromatic carbocycles. The van der Waals surface area contributed by atoms with Crippen LogP contribution in [0.3, 0.4) is 0 Å². The predicted octanol–water partition coefficient (Wildman–Crippen LogP) is 14.2. The van der Waals surface area contributed by atoms with Gasteiger partial charge >= 0.3 is 0 Å². The molecule has 55 heavy (non-hydrogen) atoms. The summed E-state index contributed by atoms with van der Waals surface area (Å²) in [6.07, 6.45) is 0. The Balaban J connectivity index is 0.962. The molecular formula is C52H32N2O. The fraction of sp³-hybridized carbons (Fsp3) is 0. The number of fused-ring (bicyclic) bond motifs is 6. The van der Waals surface area contributed by atoms with E-state index in [1.165, 1.54) is 59.8 Å². The third-order valence-electron chi connectivity index (χ3n) is 10.8. The fourth-order valence-electron chi connectivity index (χ4n) is 8.09. The molecule has 2 aromatic heterocycles. The molecule has 0 aliphatic rings. The van der Waals surface area contributed by atoms with E-state index in [1.807, 2.05) is 60.7 Å². The van der Waals surface area contributed by atoms with Crippen molar-refractivity contribution in [1.82, 2.24) is 9.97 Å². The first-order valence-electron chi connectivity index (χ1n) is 18.6. The summed E-state index contributed by atoms with van der Waals surface area (Å²) in [4.78, 5) is 9.98. The van der Waals surface area contributed by atoms with Gasteiger partial charge in [0.15, 0.2) is 11.6 Å². The van der Waals surface area contributed by atoms with Crippen LogP contribution < -0.4 is 0 Å². The molecule has 0 spiro atoms. The first-order chi connectivity index (χ1) is 27.2. The molecule has 0 saturated carbocycles. The van der Waals surface area contributed by atoms with Crippen LogP contribution >= 0.6 is 0 Å². The van der Waals surface area contributed by atoms with Crippen molar-refractivity contribution in [3.8, 4) is 56.4 Å². The molecule has 0 radical (unpaired) electrons. The predicted molar refractivity (Wildman–Crippen MR) is 229 cm³/mol. The number of hydrogen-bond donors (Lipinski definition) is 0. The molecule has 256 valence electrons. The summed E-state index contributed by atoms with van der Waals surface area (Å²) in [5.74, 6) is 1.39. The minimum atomic E-state index is 0.663. The van der Waals surface area contributed by atoms with Crippen LogP contribution in [0.15, 0.2) is 199 Å². The lowest BCUT2D eigenvalue weighted by atomic mass is 9.89. The maximum Gasteiger partial charge on any atom is 0.160 e. The number of hydrogen-bond acceptors (Lipinski definition) is 3.